The Bertz CT molecular complexity index is 256. The molecule has 60 valence electrons. The van der Waals surface area contributed by atoms with Gasteiger partial charge in [0, 0.05) is 7.11 Å². The van der Waals surface area contributed by atoms with Gasteiger partial charge in [-0.15, -0.1) is 0 Å². The molecule has 0 spiro atoms. The molecular formula is C6H9N3O2. The third kappa shape index (κ3) is 1.56. The Kier molecular flexibility index (Phi) is 2.22. The van der Waals surface area contributed by atoms with Crippen molar-refractivity contribution in [3.05, 3.63) is 11.8 Å². The van der Waals surface area contributed by atoms with Crippen LogP contribution in [0, 0.1) is 0 Å². The predicted octanol–water partition coefficient (Wildman–Crippen LogP) is -0.179. The number of Topliss-reactive ketones (excluding diaryl/α,β-unsaturated/α-hetero) is 1. The van der Waals surface area contributed by atoms with E-state index in [0.29, 0.717) is 5.56 Å². The van der Waals surface area contributed by atoms with E-state index in [9.17, 15) is 4.79 Å². The fourth-order valence-corrected chi connectivity index (χ4v) is 0.727. The largest absolute Gasteiger partial charge is 0.383 e. The number of nitrogen functional groups attached to an aromatic ring is 1. The monoisotopic (exact) mass is 155 g/mol. The van der Waals surface area contributed by atoms with Crippen molar-refractivity contribution in [2.75, 3.05) is 19.5 Å². The number of carbonyl (C=O) groups excluding carboxylic acids is 1. The number of hydrogen-bond acceptors (Lipinski definition) is 4. The third-order valence-corrected chi connectivity index (χ3v) is 1.24. The van der Waals surface area contributed by atoms with Crippen LogP contribution in [0.4, 0.5) is 5.82 Å². The first-order valence-electron chi connectivity index (χ1n) is 3.06. The average molecular weight is 155 g/mol. The molecule has 0 bridgehead atoms. The molecule has 0 aromatic carbocycles. The summed E-state index contributed by atoms with van der Waals surface area (Å²) in [7, 11) is 1.45. The summed E-state index contributed by atoms with van der Waals surface area (Å²) >= 11 is 0. The van der Waals surface area contributed by atoms with Gasteiger partial charge in [0.15, 0.2) is 5.78 Å². The number of ether oxygens (including phenoxy) is 1. The SMILES string of the molecule is COCC(=O)c1cn[nH]c1N. The minimum absolute atomic E-state index is 0.0315. The molecule has 0 amide bonds. The zero-order chi connectivity index (χ0) is 8.27. The van der Waals surface area contributed by atoms with E-state index in [1.165, 1.54) is 13.3 Å². The fourth-order valence-electron chi connectivity index (χ4n) is 0.727. The molecule has 1 heterocycles. The van der Waals surface area contributed by atoms with Crippen molar-refractivity contribution in [2.24, 2.45) is 0 Å². The Morgan fingerprint density at radius 2 is 2.64 bits per heavy atom. The van der Waals surface area contributed by atoms with Crippen molar-refractivity contribution in [3.8, 4) is 0 Å². The molecular weight excluding hydrogens is 146 g/mol. The first-order valence-corrected chi connectivity index (χ1v) is 3.06. The normalized spacial score (nSPS) is 9.91. The molecule has 0 saturated heterocycles. The summed E-state index contributed by atoms with van der Waals surface area (Å²) in [5.41, 5.74) is 5.76. The molecule has 0 fully saturated rings. The number of methoxy groups -OCH3 is 1. The summed E-state index contributed by atoms with van der Waals surface area (Å²) in [4.78, 5) is 11.1. The molecule has 0 aliphatic rings. The van der Waals surface area contributed by atoms with E-state index in [4.69, 9.17) is 5.73 Å². The molecule has 1 rings (SSSR count). The van der Waals surface area contributed by atoms with Gasteiger partial charge in [0.1, 0.15) is 12.4 Å². The molecule has 0 unspecified atom stereocenters. The van der Waals surface area contributed by atoms with Gasteiger partial charge in [0.2, 0.25) is 0 Å². The van der Waals surface area contributed by atoms with E-state index in [1.807, 2.05) is 0 Å². The molecule has 5 heteroatoms. The summed E-state index contributed by atoms with van der Waals surface area (Å²) in [6, 6.07) is 0. The zero-order valence-electron chi connectivity index (χ0n) is 6.13. The number of carbonyl (C=O) groups is 1. The predicted molar refractivity (Wildman–Crippen MR) is 39.2 cm³/mol. The minimum atomic E-state index is -0.168. The molecule has 1 aromatic rings. The van der Waals surface area contributed by atoms with E-state index < -0.39 is 0 Å². The molecule has 0 atom stereocenters. The third-order valence-electron chi connectivity index (χ3n) is 1.24. The second-order valence-electron chi connectivity index (χ2n) is 2.05. The van der Waals surface area contributed by atoms with Gasteiger partial charge in [0.05, 0.1) is 11.8 Å². The number of aromatic amines is 1. The van der Waals surface area contributed by atoms with Crippen molar-refractivity contribution in [2.45, 2.75) is 0 Å². The smallest absolute Gasteiger partial charge is 0.193 e. The lowest BCUT2D eigenvalue weighted by Gasteiger charge is -1.95. The number of aromatic nitrogens is 2. The van der Waals surface area contributed by atoms with E-state index in [-0.39, 0.29) is 18.2 Å². The Morgan fingerprint density at radius 3 is 3.09 bits per heavy atom. The molecule has 0 aliphatic carbocycles. The highest BCUT2D eigenvalue weighted by Crippen LogP contribution is 2.06. The fraction of sp³-hybridized carbons (Fsp3) is 0.333. The van der Waals surface area contributed by atoms with Gasteiger partial charge < -0.3 is 10.5 Å². The minimum Gasteiger partial charge on any atom is -0.383 e. The van der Waals surface area contributed by atoms with Crippen LogP contribution in [0.25, 0.3) is 0 Å². The zero-order valence-corrected chi connectivity index (χ0v) is 6.13. The number of hydrogen-bond donors (Lipinski definition) is 2. The summed E-state index contributed by atoms with van der Waals surface area (Å²) in [5, 5.41) is 6.06. The molecule has 11 heavy (non-hydrogen) atoms. The molecule has 1 aromatic heterocycles. The van der Waals surface area contributed by atoms with Crippen molar-refractivity contribution in [1.29, 1.82) is 0 Å². The highest BCUT2D eigenvalue weighted by Gasteiger charge is 2.09. The number of rotatable bonds is 3. The Morgan fingerprint density at radius 1 is 1.91 bits per heavy atom. The van der Waals surface area contributed by atoms with Crippen molar-refractivity contribution < 1.29 is 9.53 Å². The highest BCUT2D eigenvalue weighted by molar-refractivity contribution is 6.00. The Balaban J connectivity index is 2.76. The van der Waals surface area contributed by atoms with Crippen LogP contribution in [0.2, 0.25) is 0 Å². The number of H-pyrrole nitrogens is 1. The first kappa shape index (κ1) is 7.74. The Labute approximate surface area is 63.5 Å². The van der Waals surface area contributed by atoms with Gasteiger partial charge in [-0.25, -0.2) is 0 Å². The van der Waals surface area contributed by atoms with Crippen LogP contribution < -0.4 is 5.73 Å². The van der Waals surface area contributed by atoms with Gasteiger partial charge in [-0.3, -0.25) is 9.89 Å². The highest BCUT2D eigenvalue weighted by atomic mass is 16.5. The maximum Gasteiger partial charge on any atom is 0.193 e. The maximum absolute atomic E-state index is 11.1. The number of anilines is 1. The Hall–Kier alpha value is -1.36. The van der Waals surface area contributed by atoms with Crippen LogP contribution in [0.3, 0.4) is 0 Å². The van der Waals surface area contributed by atoms with Crippen LogP contribution in [0.15, 0.2) is 6.20 Å². The summed E-state index contributed by atoms with van der Waals surface area (Å²) in [5.74, 6) is 0.116. The maximum atomic E-state index is 11.1. The van der Waals surface area contributed by atoms with Crippen LogP contribution in [0.1, 0.15) is 10.4 Å². The average Bonchev–Trinajstić information content (AvgIpc) is 2.36. The van der Waals surface area contributed by atoms with Gasteiger partial charge in [-0.2, -0.15) is 5.10 Å². The van der Waals surface area contributed by atoms with Crippen molar-refractivity contribution >= 4 is 11.6 Å². The lowest BCUT2D eigenvalue weighted by Crippen LogP contribution is -2.08. The molecule has 0 aliphatic heterocycles. The number of nitrogens with two attached hydrogens (primary N) is 1. The molecule has 3 N–H and O–H groups in total. The quantitative estimate of drug-likeness (QED) is 0.593. The van der Waals surface area contributed by atoms with Gasteiger partial charge >= 0.3 is 0 Å². The van der Waals surface area contributed by atoms with Crippen LogP contribution in [0.5, 0.6) is 0 Å². The number of nitrogens with one attached hydrogen (secondary N) is 1. The second kappa shape index (κ2) is 3.16. The summed E-state index contributed by atoms with van der Waals surface area (Å²) in [6.45, 7) is 0.0315. The van der Waals surface area contributed by atoms with E-state index >= 15 is 0 Å². The van der Waals surface area contributed by atoms with Crippen LogP contribution in [-0.2, 0) is 4.74 Å². The van der Waals surface area contributed by atoms with Gasteiger partial charge in [0.25, 0.3) is 0 Å². The number of ketones is 1. The molecule has 0 saturated carbocycles. The summed E-state index contributed by atoms with van der Waals surface area (Å²) in [6.07, 6.45) is 1.39. The van der Waals surface area contributed by atoms with E-state index in [2.05, 4.69) is 14.9 Å². The standard InChI is InChI=1S/C6H9N3O2/c1-11-3-5(10)4-2-8-9-6(4)7/h2H,3H2,1H3,(H3,7,8,9). The van der Waals surface area contributed by atoms with Crippen molar-refractivity contribution in [3.63, 3.8) is 0 Å². The molecule has 5 nitrogen and oxygen atoms in total. The number of nitrogens with zero attached hydrogens (tertiary/aromatic N) is 1. The van der Waals surface area contributed by atoms with E-state index in [1.54, 1.807) is 0 Å². The lowest BCUT2D eigenvalue weighted by atomic mass is 10.2. The van der Waals surface area contributed by atoms with Gasteiger partial charge in [-0.1, -0.05) is 0 Å². The van der Waals surface area contributed by atoms with Crippen LogP contribution in [-0.4, -0.2) is 29.7 Å². The molecule has 0 radical (unpaired) electrons. The lowest BCUT2D eigenvalue weighted by molar-refractivity contribution is 0.0849. The topological polar surface area (TPSA) is 81.0 Å². The first-order chi connectivity index (χ1) is 5.25. The van der Waals surface area contributed by atoms with Crippen molar-refractivity contribution in [1.82, 2.24) is 10.2 Å². The van der Waals surface area contributed by atoms with Crippen LogP contribution >= 0.6 is 0 Å². The van der Waals surface area contributed by atoms with Gasteiger partial charge in [-0.05, 0) is 0 Å². The summed E-state index contributed by atoms with van der Waals surface area (Å²) < 4.78 is 4.64. The van der Waals surface area contributed by atoms with E-state index in [0.717, 1.165) is 0 Å². The second-order valence-corrected chi connectivity index (χ2v) is 2.05.